The van der Waals surface area contributed by atoms with Crippen molar-refractivity contribution >= 4 is 23.2 Å². The summed E-state index contributed by atoms with van der Waals surface area (Å²) in [6, 6.07) is 0.540. The molecule has 4 atom stereocenters. The maximum atomic E-state index is 14.0. The number of aliphatic hydroxyl groups is 3. The number of hydrogen-bond acceptors (Lipinski definition) is 10. The molecule has 3 aliphatic carbocycles. The number of likely N-dealkylation sites (N-methyl/N-ethyl adjacent to an activating group) is 1. The summed E-state index contributed by atoms with van der Waals surface area (Å²) in [6.45, 7) is 3.54. The Morgan fingerprint density at radius 3 is 2.33 bits per heavy atom. The van der Waals surface area contributed by atoms with Crippen LogP contribution in [0.25, 0.3) is 0 Å². The van der Waals surface area contributed by atoms with E-state index in [0.29, 0.717) is 12.1 Å². The summed E-state index contributed by atoms with van der Waals surface area (Å²) in [6.07, 6.45) is 2.38. The van der Waals surface area contributed by atoms with E-state index in [1.165, 1.54) is 0 Å². The highest BCUT2D eigenvalue weighted by atomic mass is 16.3. The fourth-order valence-corrected chi connectivity index (χ4v) is 6.85. The van der Waals surface area contributed by atoms with Gasteiger partial charge in [0.25, 0.3) is 5.91 Å². The van der Waals surface area contributed by atoms with Crippen molar-refractivity contribution in [1.29, 1.82) is 0 Å². The number of fused-ring (bicyclic) bond motifs is 3. The lowest BCUT2D eigenvalue weighted by Crippen LogP contribution is -2.63. The highest BCUT2D eigenvalue weighted by Gasteiger charge is 2.63. The number of carbonyl (C=O) groups is 3. The molecule has 0 spiro atoms. The fraction of sp³-hybridized carbons (Fsp3) is 0.552. The zero-order valence-corrected chi connectivity index (χ0v) is 24.0. The molecule has 0 bridgehead atoms. The molecule has 218 valence electrons. The van der Waals surface area contributed by atoms with Gasteiger partial charge in [0.15, 0.2) is 11.4 Å². The third kappa shape index (κ3) is 4.36. The van der Waals surface area contributed by atoms with Crippen molar-refractivity contribution in [2.75, 3.05) is 46.7 Å². The summed E-state index contributed by atoms with van der Waals surface area (Å²) < 4.78 is 0. The molecule has 0 heterocycles. The molecule has 3 aliphatic rings. The summed E-state index contributed by atoms with van der Waals surface area (Å²) in [5.74, 6) is -6.53. The average molecular weight is 557 g/mol. The number of nitrogens with two attached hydrogens (primary N) is 1. The zero-order valence-electron chi connectivity index (χ0n) is 24.0. The number of aromatic hydroxyl groups is 1. The second-order valence-corrected chi connectivity index (χ2v) is 11.7. The number of Topliss-reactive ketones (excluding diaryl/α,β-unsaturated/α-hetero) is 2. The lowest BCUT2D eigenvalue weighted by molar-refractivity contribution is -0.148. The molecule has 0 aromatic heterocycles. The van der Waals surface area contributed by atoms with Crippen molar-refractivity contribution in [3.05, 3.63) is 45.4 Å². The normalized spacial score (nSPS) is 26.3. The van der Waals surface area contributed by atoms with Crippen LogP contribution in [-0.4, -0.2) is 101 Å². The number of primary amides is 1. The Balaban J connectivity index is 1.90. The summed E-state index contributed by atoms with van der Waals surface area (Å²) in [7, 11) is 8.95. The van der Waals surface area contributed by atoms with Gasteiger partial charge in [0, 0.05) is 37.8 Å². The Morgan fingerprint density at radius 2 is 1.77 bits per heavy atom. The third-order valence-corrected chi connectivity index (χ3v) is 8.55. The predicted octanol–water partition coefficient (Wildman–Crippen LogP) is 1.42. The van der Waals surface area contributed by atoms with Crippen LogP contribution in [0.5, 0.6) is 5.75 Å². The van der Waals surface area contributed by atoms with E-state index in [-0.39, 0.29) is 29.7 Å². The highest BCUT2D eigenvalue weighted by molar-refractivity contribution is 6.24. The Morgan fingerprint density at radius 1 is 1.12 bits per heavy atom. The molecule has 0 unspecified atom stereocenters. The monoisotopic (exact) mass is 556 g/mol. The number of carbonyl (C=O) groups excluding carboxylic acids is 3. The first kappa shape index (κ1) is 29.6. The van der Waals surface area contributed by atoms with E-state index in [1.54, 1.807) is 25.1 Å². The first-order valence-corrected chi connectivity index (χ1v) is 13.6. The summed E-state index contributed by atoms with van der Waals surface area (Å²) in [5, 5.41) is 45.2. The van der Waals surface area contributed by atoms with Gasteiger partial charge in [-0.05, 0) is 70.1 Å². The van der Waals surface area contributed by atoms with Crippen LogP contribution in [0.1, 0.15) is 47.7 Å². The SMILES string of the molecule is CCCCN(C)Cc1cc(O)c2c(c1N(C)C)C[C@H]1C[C@H]3[C@H](N(C)C)C(O)=C(C(N)=O)C(=O)[C@@]3(O)C(O)=C1C2=O. The molecule has 1 aromatic carbocycles. The molecule has 0 saturated carbocycles. The predicted molar refractivity (Wildman–Crippen MR) is 149 cm³/mol. The zero-order chi connectivity index (χ0) is 29.8. The van der Waals surface area contributed by atoms with Crippen LogP contribution in [0.3, 0.4) is 0 Å². The number of phenols is 1. The molecule has 1 amide bonds. The minimum absolute atomic E-state index is 0.0180. The molecule has 11 nitrogen and oxygen atoms in total. The Labute approximate surface area is 234 Å². The van der Waals surface area contributed by atoms with Gasteiger partial charge in [-0.1, -0.05) is 13.3 Å². The lowest BCUT2D eigenvalue weighted by Gasteiger charge is -2.50. The van der Waals surface area contributed by atoms with Gasteiger partial charge in [-0.2, -0.15) is 0 Å². The first-order valence-electron chi connectivity index (χ1n) is 13.6. The maximum absolute atomic E-state index is 14.0. The largest absolute Gasteiger partial charge is 0.510 e. The number of phenolic OH excluding ortho intramolecular Hbond substituents is 1. The number of allylic oxidation sites excluding steroid dienone is 1. The van der Waals surface area contributed by atoms with Gasteiger partial charge >= 0.3 is 0 Å². The van der Waals surface area contributed by atoms with Crippen molar-refractivity contribution < 1.29 is 34.8 Å². The Hall–Kier alpha value is -3.41. The molecule has 0 aliphatic heterocycles. The summed E-state index contributed by atoms with van der Waals surface area (Å²) in [4.78, 5) is 45.1. The number of hydrogen-bond donors (Lipinski definition) is 5. The van der Waals surface area contributed by atoms with Crippen molar-refractivity contribution in [1.82, 2.24) is 9.80 Å². The van der Waals surface area contributed by atoms with Gasteiger partial charge in [-0.25, -0.2) is 0 Å². The van der Waals surface area contributed by atoms with Crippen molar-refractivity contribution in [2.45, 2.75) is 50.8 Å². The smallest absolute Gasteiger partial charge is 0.255 e. The number of amides is 1. The fourth-order valence-electron chi connectivity index (χ4n) is 6.85. The van der Waals surface area contributed by atoms with Gasteiger partial charge in [-0.15, -0.1) is 0 Å². The molecule has 0 fully saturated rings. The van der Waals surface area contributed by atoms with Gasteiger partial charge in [0.1, 0.15) is 22.8 Å². The maximum Gasteiger partial charge on any atom is 0.255 e. The van der Waals surface area contributed by atoms with E-state index in [2.05, 4.69) is 11.8 Å². The number of rotatable bonds is 8. The molecule has 40 heavy (non-hydrogen) atoms. The van der Waals surface area contributed by atoms with E-state index in [1.807, 2.05) is 26.0 Å². The third-order valence-electron chi connectivity index (χ3n) is 8.55. The van der Waals surface area contributed by atoms with Crippen LogP contribution >= 0.6 is 0 Å². The quantitative estimate of drug-likeness (QED) is 0.295. The number of anilines is 1. The number of aliphatic hydroxyl groups excluding tert-OH is 2. The average Bonchev–Trinajstić information content (AvgIpc) is 2.84. The van der Waals surface area contributed by atoms with E-state index < -0.39 is 58.0 Å². The van der Waals surface area contributed by atoms with E-state index in [0.717, 1.165) is 30.6 Å². The topological polar surface area (TPSA) is 168 Å². The molecular formula is C29H40N4O7. The number of ketones is 2. The standard InChI is InChI=1S/C29H40N4O7/c1-7-8-9-33(6)13-15-12-18(34)20-16(22(15)31(2)3)10-14-11-17-23(32(4)5)25(36)21(28(30)39)27(38)29(17,40)26(37)19(14)24(20)35/h12,14,17,23,34,36-37,40H,7-11,13H2,1-6H3,(H2,30,39)/t14-,17-,23-,29-/m0/s1. The van der Waals surface area contributed by atoms with Crippen molar-refractivity contribution in [3.63, 3.8) is 0 Å². The van der Waals surface area contributed by atoms with Crippen LogP contribution in [0.15, 0.2) is 28.7 Å². The van der Waals surface area contributed by atoms with E-state index in [9.17, 15) is 34.8 Å². The molecule has 6 N–H and O–H groups in total. The van der Waals surface area contributed by atoms with Crippen LogP contribution in [0.2, 0.25) is 0 Å². The lowest BCUT2D eigenvalue weighted by atomic mass is 9.58. The Bertz CT molecular complexity index is 1330. The second kappa shape index (κ2) is 10.5. The van der Waals surface area contributed by atoms with Gasteiger partial charge in [-0.3, -0.25) is 19.3 Å². The van der Waals surface area contributed by atoms with Crippen molar-refractivity contribution in [2.24, 2.45) is 17.6 Å². The minimum Gasteiger partial charge on any atom is -0.510 e. The number of benzene rings is 1. The molecule has 11 heteroatoms. The number of unbranched alkanes of at least 4 members (excludes halogenated alkanes) is 1. The first-order chi connectivity index (χ1) is 18.7. The van der Waals surface area contributed by atoms with Gasteiger partial charge in [0.05, 0.1) is 11.6 Å². The van der Waals surface area contributed by atoms with Crippen LogP contribution in [0.4, 0.5) is 5.69 Å². The highest BCUT2D eigenvalue weighted by Crippen LogP contribution is 2.53. The molecular weight excluding hydrogens is 516 g/mol. The van der Waals surface area contributed by atoms with Crippen LogP contribution in [-0.2, 0) is 22.6 Å². The minimum atomic E-state index is -2.65. The van der Waals surface area contributed by atoms with Crippen molar-refractivity contribution in [3.8, 4) is 5.75 Å². The number of nitrogens with zero attached hydrogens (tertiary/aromatic N) is 3. The molecule has 4 rings (SSSR count). The van der Waals surface area contributed by atoms with Gasteiger partial charge < -0.3 is 36.0 Å². The van der Waals surface area contributed by atoms with E-state index >= 15 is 0 Å². The van der Waals surface area contributed by atoms with Crippen LogP contribution < -0.4 is 10.6 Å². The summed E-state index contributed by atoms with van der Waals surface area (Å²) >= 11 is 0. The summed E-state index contributed by atoms with van der Waals surface area (Å²) in [5.41, 5.74) is 4.06. The van der Waals surface area contributed by atoms with Gasteiger partial charge in [0.2, 0.25) is 5.78 Å². The second-order valence-electron chi connectivity index (χ2n) is 11.7. The molecule has 0 saturated heterocycles. The molecule has 1 aromatic rings. The van der Waals surface area contributed by atoms with E-state index in [4.69, 9.17) is 5.73 Å². The Kier molecular flexibility index (Phi) is 7.78. The van der Waals surface area contributed by atoms with Crippen LogP contribution in [0, 0.1) is 11.8 Å². The molecule has 0 radical (unpaired) electrons.